The number of ether oxygens (including phenoxy) is 1. The summed E-state index contributed by atoms with van der Waals surface area (Å²) < 4.78 is 45.7. The highest BCUT2D eigenvalue weighted by atomic mass is 32.2. The van der Waals surface area contributed by atoms with Crippen LogP contribution in [0.15, 0.2) is 93.0 Å². The number of nitrogens with one attached hydrogen (secondary N) is 1. The number of amides is 1. The number of methoxy groups -OCH3 is 1. The van der Waals surface area contributed by atoms with E-state index < -0.39 is 10.0 Å². The fourth-order valence-corrected chi connectivity index (χ4v) is 5.67. The van der Waals surface area contributed by atoms with Crippen LogP contribution in [0.2, 0.25) is 0 Å². The molecule has 0 radical (unpaired) electrons. The van der Waals surface area contributed by atoms with Gasteiger partial charge in [-0.3, -0.25) is 4.79 Å². The van der Waals surface area contributed by atoms with E-state index in [2.05, 4.69) is 14.9 Å². The molecule has 0 aliphatic heterocycles. The molecule has 1 N–H and O–H groups in total. The molecule has 11 heteroatoms. The molecule has 0 atom stereocenters. The molecular weight excluding hydrogens is 544 g/mol. The fourth-order valence-electron chi connectivity index (χ4n) is 4.40. The molecule has 0 saturated carbocycles. The average molecular weight is 573 g/mol. The smallest absolute Gasteiger partial charge is 0.264 e. The summed E-state index contributed by atoms with van der Waals surface area (Å²) in [7, 11) is -0.852. The van der Waals surface area contributed by atoms with Crippen molar-refractivity contribution in [3.8, 4) is 28.3 Å². The summed E-state index contributed by atoms with van der Waals surface area (Å²) in [6.45, 7) is 3.63. The second kappa shape index (κ2) is 11.3. The Morgan fingerprint density at radius 3 is 2.54 bits per heavy atom. The van der Waals surface area contributed by atoms with Crippen LogP contribution in [0, 0.1) is 13.8 Å². The van der Waals surface area contributed by atoms with Gasteiger partial charge < -0.3 is 18.6 Å². The molecular formula is C30H28N4O6S. The van der Waals surface area contributed by atoms with Gasteiger partial charge in [0, 0.05) is 35.8 Å². The van der Waals surface area contributed by atoms with Crippen molar-refractivity contribution in [3.63, 3.8) is 0 Å². The molecule has 1 amide bonds. The molecule has 0 fully saturated rings. The summed E-state index contributed by atoms with van der Waals surface area (Å²) in [4.78, 5) is 19.2. The predicted octanol–water partition coefficient (Wildman–Crippen LogP) is 5.70. The van der Waals surface area contributed by atoms with Crippen molar-refractivity contribution in [1.29, 1.82) is 0 Å². The first-order valence-corrected chi connectivity index (χ1v) is 14.1. The number of oxazole rings is 1. The lowest BCUT2D eigenvalue weighted by atomic mass is 9.96. The Labute approximate surface area is 237 Å². The van der Waals surface area contributed by atoms with Crippen molar-refractivity contribution in [1.82, 2.24) is 15.0 Å². The molecule has 0 aliphatic rings. The summed E-state index contributed by atoms with van der Waals surface area (Å²) in [6, 6.07) is 19.0. The van der Waals surface area contributed by atoms with E-state index in [4.69, 9.17) is 13.7 Å². The van der Waals surface area contributed by atoms with Crippen molar-refractivity contribution >= 4 is 21.8 Å². The maximum atomic E-state index is 13.6. The van der Waals surface area contributed by atoms with E-state index >= 15 is 0 Å². The van der Waals surface area contributed by atoms with Crippen molar-refractivity contribution < 1.29 is 26.9 Å². The summed E-state index contributed by atoms with van der Waals surface area (Å²) in [5.41, 5.74) is 4.09. The second-order valence-corrected chi connectivity index (χ2v) is 11.1. The van der Waals surface area contributed by atoms with E-state index in [1.54, 1.807) is 93.7 Å². The summed E-state index contributed by atoms with van der Waals surface area (Å²) in [5, 5.41) is 3.85. The van der Waals surface area contributed by atoms with Gasteiger partial charge in [-0.05, 0) is 61.4 Å². The lowest BCUT2D eigenvalue weighted by Gasteiger charge is -2.21. The maximum Gasteiger partial charge on any atom is 0.264 e. The van der Waals surface area contributed by atoms with E-state index in [0.717, 1.165) is 0 Å². The third-order valence-electron chi connectivity index (χ3n) is 6.71. The highest BCUT2D eigenvalue weighted by Crippen LogP contribution is 2.35. The quantitative estimate of drug-likeness (QED) is 0.238. The Hall–Kier alpha value is -4.90. The highest BCUT2D eigenvalue weighted by molar-refractivity contribution is 7.92. The van der Waals surface area contributed by atoms with Gasteiger partial charge in [-0.25, -0.2) is 18.1 Å². The van der Waals surface area contributed by atoms with Gasteiger partial charge in [0.1, 0.15) is 12.0 Å². The number of hydrogen-bond donors (Lipinski definition) is 1. The molecule has 0 spiro atoms. The number of sulfonamides is 1. The van der Waals surface area contributed by atoms with E-state index in [9.17, 15) is 13.2 Å². The minimum Gasteiger partial charge on any atom is -0.497 e. The lowest BCUT2D eigenvalue weighted by Crippen LogP contribution is -2.26. The van der Waals surface area contributed by atoms with Crippen LogP contribution in [0.25, 0.3) is 22.6 Å². The molecule has 5 rings (SSSR count). The Morgan fingerprint density at radius 2 is 1.83 bits per heavy atom. The van der Waals surface area contributed by atoms with Gasteiger partial charge in [0.2, 0.25) is 11.8 Å². The van der Waals surface area contributed by atoms with Crippen LogP contribution < -0.4 is 9.46 Å². The average Bonchev–Trinajstić information content (AvgIpc) is 3.63. The van der Waals surface area contributed by atoms with E-state index in [1.807, 2.05) is 6.07 Å². The minimum absolute atomic E-state index is 0.0420. The Kier molecular flexibility index (Phi) is 7.62. The fraction of sp³-hybridized carbons (Fsp3) is 0.167. The van der Waals surface area contributed by atoms with Crippen molar-refractivity contribution in [3.05, 3.63) is 102 Å². The Bertz CT molecular complexity index is 1810. The van der Waals surface area contributed by atoms with Gasteiger partial charge >= 0.3 is 0 Å². The van der Waals surface area contributed by atoms with Crippen molar-refractivity contribution in [2.75, 3.05) is 18.9 Å². The van der Waals surface area contributed by atoms with Crippen LogP contribution in [0.1, 0.15) is 27.2 Å². The van der Waals surface area contributed by atoms with Crippen molar-refractivity contribution in [2.45, 2.75) is 25.3 Å². The first-order valence-electron chi connectivity index (χ1n) is 12.7. The highest BCUT2D eigenvalue weighted by Gasteiger charge is 2.25. The molecule has 41 heavy (non-hydrogen) atoms. The summed E-state index contributed by atoms with van der Waals surface area (Å²) in [5.74, 6) is 0.800. The van der Waals surface area contributed by atoms with Crippen LogP contribution in [-0.2, 0) is 16.6 Å². The zero-order chi connectivity index (χ0) is 29.1. The second-order valence-electron chi connectivity index (χ2n) is 9.43. The van der Waals surface area contributed by atoms with Crippen LogP contribution in [0.4, 0.5) is 5.88 Å². The molecule has 0 bridgehead atoms. The van der Waals surface area contributed by atoms with Gasteiger partial charge in [0.15, 0.2) is 0 Å². The standard InChI is InChI=1S/C30H28N4O6S/c1-19-20(2)32-40-28(19)33-41(36,37)27-11-6-5-10-26(27)25-13-12-21(29-31-14-15-39-29)16-23(25)18-34(3)30(35)22-8-7-9-24(17-22)38-4/h5-17,33H,18H2,1-4H3. The van der Waals surface area contributed by atoms with Gasteiger partial charge in [-0.2, -0.15) is 0 Å². The first kappa shape index (κ1) is 27.7. The van der Waals surface area contributed by atoms with E-state index in [1.165, 1.54) is 12.3 Å². The third-order valence-corrected chi connectivity index (χ3v) is 8.10. The number of hydrogen-bond acceptors (Lipinski definition) is 8. The molecule has 210 valence electrons. The van der Waals surface area contributed by atoms with Crippen LogP contribution >= 0.6 is 0 Å². The molecule has 0 unspecified atom stereocenters. The van der Waals surface area contributed by atoms with Crippen LogP contribution in [0.5, 0.6) is 5.75 Å². The number of aromatic nitrogens is 2. The number of benzene rings is 3. The molecule has 10 nitrogen and oxygen atoms in total. The maximum absolute atomic E-state index is 13.6. The molecule has 0 aliphatic carbocycles. The number of carbonyl (C=O) groups excluding carboxylic acids is 1. The first-order chi connectivity index (χ1) is 19.7. The minimum atomic E-state index is -4.08. The number of rotatable bonds is 9. The van der Waals surface area contributed by atoms with Crippen LogP contribution in [0.3, 0.4) is 0 Å². The van der Waals surface area contributed by atoms with Crippen molar-refractivity contribution in [2.24, 2.45) is 0 Å². The number of carbonyl (C=O) groups is 1. The molecule has 2 heterocycles. The van der Waals surface area contributed by atoms with Gasteiger partial charge in [0.05, 0.1) is 23.9 Å². The monoisotopic (exact) mass is 572 g/mol. The largest absolute Gasteiger partial charge is 0.497 e. The molecule has 5 aromatic rings. The Morgan fingerprint density at radius 1 is 1.02 bits per heavy atom. The number of anilines is 1. The van der Waals surface area contributed by atoms with Gasteiger partial charge in [0.25, 0.3) is 15.9 Å². The zero-order valence-corrected chi connectivity index (χ0v) is 23.7. The Balaban J connectivity index is 1.57. The summed E-state index contributed by atoms with van der Waals surface area (Å²) in [6.07, 6.45) is 3.02. The number of aryl methyl sites for hydroxylation is 1. The summed E-state index contributed by atoms with van der Waals surface area (Å²) >= 11 is 0. The zero-order valence-electron chi connectivity index (χ0n) is 22.9. The third kappa shape index (κ3) is 5.71. The van der Waals surface area contributed by atoms with Gasteiger partial charge in [-0.1, -0.05) is 35.5 Å². The van der Waals surface area contributed by atoms with Gasteiger partial charge in [-0.15, -0.1) is 0 Å². The lowest BCUT2D eigenvalue weighted by molar-refractivity contribution is 0.0785. The molecule has 3 aromatic carbocycles. The van der Waals surface area contributed by atoms with E-state index in [0.29, 0.717) is 50.7 Å². The predicted molar refractivity (Wildman–Crippen MR) is 153 cm³/mol. The normalized spacial score (nSPS) is 11.3. The van der Waals surface area contributed by atoms with E-state index in [-0.39, 0.29) is 23.2 Å². The molecule has 0 saturated heterocycles. The molecule has 2 aromatic heterocycles. The SMILES string of the molecule is COc1cccc(C(=O)N(C)Cc2cc(-c3ncco3)ccc2-c2ccccc2S(=O)(=O)Nc2onc(C)c2C)c1. The number of nitrogens with zero attached hydrogens (tertiary/aromatic N) is 3. The van der Waals surface area contributed by atoms with Crippen LogP contribution in [-0.4, -0.2) is 43.5 Å². The topological polar surface area (TPSA) is 128 Å².